The van der Waals surface area contributed by atoms with Crippen LogP contribution in [-0.4, -0.2) is 28.9 Å². The molecule has 0 bridgehead atoms. The molecule has 142 valence electrons. The Morgan fingerprint density at radius 3 is 1.46 bits per heavy atom. The number of carbonyl (C=O) groups is 1. The lowest BCUT2D eigenvalue weighted by Crippen LogP contribution is -2.54. The molecule has 3 nitrogen and oxygen atoms in total. The van der Waals surface area contributed by atoms with Crippen molar-refractivity contribution < 1.29 is 10.3 Å². The highest BCUT2D eigenvalue weighted by Gasteiger charge is 2.41. The molecule has 0 aromatic rings. The predicted octanol–water partition coefficient (Wildman–Crippen LogP) is 4.54. The lowest BCUT2D eigenvalue weighted by molar-refractivity contribution is -0.130. The lowest BCUT2D eigenvalue weighted by atomic mass is 9.69. The molecule has 2 aliphatic rings. The lowest BCUT2D eigenvalue weighted by Gasteiger charge is -2.50. The number of hydrogen-bond donors (Lipinski definition) is 0. The minimum Gasteiger partial charge on any atom is -0.412 e. The van der Waals surface area contributed by atoms with Crippen LogP contribution >= 0.6 is 0 Å². The zero-order chi connectivity index (χ0) is 17.1. The second-order valence-electron chi connectivity index (χ2n) is 9.34. The number of nitrogens with zero attached hydrogens (tertiary/aromatic N) is 1. The molecule has 0 aliphatic heterocycles. The second-order valence-corrected chi connectivity index (χ2v) is 9.34. The maximum atomic E-state index is 12.2. The van der Waals surface area contributed by atoms with E-state index in [-0.39, 0.29) is 5.48 Å². The summed E-state index contributed by atoms with van der Waals surface area (Å²) in [6.07, 6.45) is 8.89. The van der Waals surface area contributed by atoms with Crippen molar-refractivity contribution in [3.8, 4) is 0 Å². The minimum atomic E-state index is 0. The molecular formula is C21H41NO2. The first-order chi connectivity index (χ1) is 10.8. The molecule has 2 saturated carbocycles. The molecule has 0 radical (unpaired) electrons. The van der Waals surface area contributed by atoms with Gasteiger partial charge >= 0.3 is 0 Å². The van der Waals surface area contributed by atoms with Gasteiger partial charge in [-0.25, -0.2) is 0 Å². The number of hydrogen-bond acceptors (Lipinski definition) is 1. The van der Waals surface area contributed by atoms with E-state index >= 15 is 0 Å². The zero-order valence-electron chi connectivity index (χ0n) is 16.8. The standard InChI is InChI=1S/C21H39NO.H2O/c1-14(2)18-9-7-16(5)11-20(18)22(13-23)21-12-17(6)8-10-19(21)15(3)4;/h13-21H,7-12H2,1-6H3;1H2. The summed E-state index contributed by atoms with van der Waals surface area (Å²) in [5.74, 6) is 4.23. The van der Waals surface area contributed by atoms with Gasteiger partial charge in [-0.15, -0.1) is 0 Å². The van der Waals surface area contributed by atoms with Gasteiger partial charge in [0.25, 0.3) is 0 Å². The summed E-state index contributed by atoms with van der Waals surface area (Å²) in [4.78, 5) is 14.5. The Kier molecular flexibility index (Phi) is 8.25. The molecule has 0 heterocycles. The first-order valence-electron chi connectivity index (χ1n) is 10.1. The summed E-state index contributed by atoms with van der Waals surface area (Å²) in [6, 6.07) is 0.931. The fourth-order valence-electron chi connectivity index (χ4n) is 5.39. The Morgan fingerprint density at radius 1 is 0.792 bits per heavy atom. The summed E-state index contributed by atoms with van der Waals surface area (Å²) in [7, 11) is 0. The van der Waals surface area contributed by atoms with E-state index < -0.39 is 0 Å². The van der Waals surface area contributed by atoms with E-state index in [0.29, 0.717) is 35.8 Å². The normalized spacial score (nSPS) is 37.2. The van der Waals surface area contributed by atoms with E-state index in [1.54, 1.807) is 0 Å². The highest BCUT2D eigenvalue weighted by molar-refractivity contribution is 5.49. The van der Waals surface area contributed by atoms with Crippen molar-refractivity contribution in [1.82, 2.24) is 4.90 Å². The van der Waals surface area contributed by atoms with Gasteiger partial charge in [-0.2, -0.15) is 0 Å². The minimum absolute atomic E-state index is 0. The molecule has 3 heteroatoms. The SMILES string of the molecule is CC1CCC(C(C)C)C(N(C=O)C2CC(C)CCC2C(C)C)C1.O. The highest BCUT2D eigenvalue weighted by atomic mass is 16.1. The highest BCUT2D eigenvalue weighted by Crippen LogP contribution is 2.42. The first kappa shape index (κ1) is 21.5. The molecule has 2 aliphatic carbocycles. The van der Waals surface area contributed by atoms with E-state index in [2.05, 4.69) is 46.4 Å². The average molecular weight is 340 g/mol. The van der Waals surface area contributed by atoms with Gasteiger partial charge in [-0.1, -0.05) is 54.4 Å². The fraction of sp³-hybridized carbons (Fsp3) is 0.952. The molecule has 2 fully saturated rings. The molecular weight excluding hydrogens is 298 g/mol. The van der Waals surface area contributed by atoms with E-state index in [1.807, 2.05) is 0 Å². The van der Waals surface area contributed by atoms with E-state index in [0.717, 1.165) is 11.8 Å². The summed E-state index contributed by atoms with van der Waals surface area (Å²) in [5.41, 5.74) is 0. The molecule has 2 rings (SSSR count). The van der Waals surface area contributed by atoms with Crippen LogP contribution in [0.5, 0.6) is 0 Å². The van der Waals surface area contributed by atoms with Gasteiger partial charge in [0.05, 0.1) is 0 Å². The molecule has 0 saturated heterocycles. The molecule has 24 heavy (non-hydrogen) atoms. The maximum Gasteiger partial charge on any atom is 0.210 e. The van der Waals surface area contributed by atoms with Crippen molar-refractivity contribution in [3.63, 3.8) is 0 Å². The Labute approximate surface area is 149 Å². The Balaban J connectivity index is 0.00000288. The number of carbonyl (C=O) groups excluding carboxylic acids is 1. The predicted molar refractivity (Wildman–Crippen MR) is 102 cm³/mol. The van der Waals surface area contributed by atoms with Crippen molar-refractivity contribution in [2.24, 2.45) is 35.5 Å². The molecule has 6 unspecified atom stereocenters. The monoisotopic (exact) mass is 339 g/mol. The summed E-state index contributed by atoms with van der Waals surface area (Å²) in [5, 5.41) is 0. The molecule has 6 atom stereocenters. The third-order valence-corrected chi connectivity index (χ3v) is 6.86. The van der Waals surface area contributed by atoms with Crippen LogP contribution in [0.15, 0.2) is 0 Å². The van der Waals surface area contributed by atoms with Gasteiger partial charge in [-0.05, 0) is 61.2 Å². The van der Waals surface area contributed by atoms with Crippen LogP contribution in [0.4, 0.5) is 0 Å². The largest absolute Gasteiger partial charge is 0.412 e. The Hall–Kier alpha value is -0.570. The van der Waals surface area contributed by atoms with Crippen LogP contribution in [0, 0.1) is 35.5 Å². The van der Waals surface area contributed by atoms with Crippen LogP contribution in [-0.2, 0) is 4.79 Å². The quantitative estimate of drug-likeness (QED) is 0.678. The third-order valence-electron chi connectivity index (χ3n) is 6.86. The van der Waals surface area contributed by atoms with Crippen LogP contribution in [0.25, 0.3) is 0 Å². The molecule has 0 spiro atoms. The number of rotatable bonds is 5. The first-order valence-corrected chi connectivity index (χ1v) is 10.1. The fourth-order valence-corrected chi connectivity index (χ4v) is 5.39. The van der Waals surface area contributed by atoms with Gasteiger partial charge in [0, 0.05) is 12.1 Å². The number of amides is 1. The van der Waals surface area contributed by atoms with Gasteiger partial charge in [0.2, 0.25) is 6.41 Å². The summed E-state index contributed by atoms with van der Waals surface area (Å²) < 4.78 is 0. The average Bonchev–Trinajstić information content (AvgIpc) is 2.47. The van der Waals surface area contributed by atoms with Crippen LogP contribution < -0.4 is 0 Å². The Morgan fingerprint density at radius 2 is 1.17 bits per heavy atom. The van der Waals surface area contributed by atoms with Gasteiger partial charge in [0.1, 0.15) is 0 Å². The molecule has 1 amide bonds. The van der Waals surface area contributed by atoms with Gasteiger partial charge < -0.3 is 10.4 Å². The molecule has 0 aromatic heterocycles. The van der Waals surface area contributed by atoms with Crippen molar-refractivity contribution in [2.45, 2.75) is 92.2 Å². The summed E-state index contributed by atoms with van der Waals surface area (Å²) >= 11 is 0. The molecule has 0 aromatic carbocycles. The van der Waals surface area contributed by atoms with Crippen molar-refractivity contribution in [2.75, 3.05) is 0 Å². The third kappa shape index (κ3) is 4.74. The van der Waals surface area contributed by atoms with E-state index in [1.165, 1.54) is 44.9 Å². The maximum absolute atomic E-state index is 12.2. The van der Waals surface area contributed by atoms with Crippen molar-refractivity contribution >= 4 is 6.41 Å². The van der Waals surface area contributed by atoms with Crippen LogP contribution in [0.1, 0.15) is 80.1 Å². The molecule has 2 N–H and O–H groups in total. The van der Waals surface area contributed by atoms with E-state index in [9.17, 15) is 4.79 Å². The topological polar surface area (TPSA) is 51.8 Å². The summed E-state index contributed by atoms with van der Waals surface area (Å²) in [6.45, 7) is 14.1. The smallest absolute Gasteiger partial charge is 0.210 e. The van der Waals surface area contributed by atoms with Crippen LogP contribution in [0.2, 0.25) is 0 Å². The second kappa shape index (κ2) is 9.22. The van der Waals surface area contributed by atoms with Gasteiger partial charge in [-0.3, -0.25) is 4.79 Å². The zero-order valence-corrected chi connectivity index (χ0v) is 16.8. The van der Waals surface area contributed by atoms with E-state index in [4.69, 9.17) is 0 Å². The van der Waals surface area contributed by atoms with Crippen molar-refractivity contribution in [1.29, 1.82) is 0 Å². The van der Waals surface area contributed by atoms with Crippen LogP contribution in [0.3, 0.4) is 0 Å². The van der Waals surface area contributed by atoms with Gasteiger partial charge in [0.15, 0.2) is 0 Å². The van der Waals surface area contributed by atoms with Crippen molar-refractivity contribution in [3.05, 3.63) is 0 Å². The Bertz CT molecular complexity index is 350.